The van der Waals surface area contributed by atoms with Crippen LogP contribution in [0, 0.1) is 0 Å². The summed E-state index contributed by atoms with van der Waals surface area (Å²) in [6, 6.07) is 84.0. The second-order valence-electron chi connectivity index (χ2n) is 19.1. The molecule has 70 heavy (non-hydrogen) atoms. The van der Waals surface area contributed by atoms with Crippen molar-refractivity contribution in [3.05, 3.63) is 231 Å². The Labute approximate surface area is 405 Å². The van der Waals surface area contributed by atoms with Crippen molar-refractivity contribution in [3.63, 3.8) is 0 Å². The Balaban J connectivity index is 0.995. The normalized spacial score (nSPS) is 13.0. The van der Waals surface area contributed by atoms with Crippen molar-refractivity contribution in [3.8, 4) is 45.3 Å². The van der Waals surface area contributed by atoms with Gasteiger partial charge in [0.15, 0.2) is 0 Å². The zero-order valence-electron chi connectivity index (χ0n) is 37.8. The molecule has 6 heteroatoms. The fraction of sp³-hybridized carbons (Fsp3) is 0. The first-order valence-electron chi connectivity index (χ1n) is 24.2. The maximum atomic E-state index is 7.03. The predicted molar refractivity (Wildman–Crippen MR) is 293 cm³/mol. The van der Waals surface area contributed by atoms with Crippen molar-refractivity contribution in [1.82, 2.24) is 0 Å². The summed E-state index contributed by atoms with van der Waals surface area (Å²) in [4.78, 5) is 4.71. The van der Waals surface area contributed by atoms with E-state index in [9.17, 15) is 0 Å². The molecule has 12 aromatic rings. The van der Waals surface area contributed by atoms with Gasteiger partial charge in [-0.1, -0.05) is 157 Å². The van der Waals surface area contributed by atoms with Gasteiger partial charge in [0.1, 0.15) is 23.0 Å². The van der Waals surface area contributed by atoms with Crippen LogP contribution in [0.15, 0.2) is 231 Å². The Morgan fingerprint density at radius 2 is 0.614 bits per heavy atom. The van der Waals surface area contributed by atoms with Crippen LogP contribution < -0.4 is 52.1 Å². The molecule has 16 rings (SSSR count). The lowest BCUT2D eigenvalue weighted by Crippen LogP contribution is -2.58. The molecular weight excluding hydrogens is 850 g/mol. The van der Waals surface area contributed by atoms with Gasteiger partial charge >= 0.3 is 0 Å². The summed E-state index contributed by atoms with van der Waals surface area (Å²) in [7, 11) is 0. The number of anilines is 6. The van der Waals surface area contributed by atoms with Crippen LogP contribution in [0.3, 0.4) is 0 Å². The Morgan fingerprint density at radius 1 is 0.257 bits per heavy atom. The molecule has 4 nitrogen and oxygen atoms in total. The average molecular weight is 889 g/mol. The SMILES string of the molecule is c1ccc(N(c2ccccc2)c2cc3c4c(c2)-c2ccc5cc6c7c(ccc8cc(c2c5c87)B4c2ccccc2O3)-c2cc(N(c3ccccc3)c3ccccc3)cc3c2B6c2ccccc2O3)cc1. The van der Waals surface area contributed by atoms with Crippen molar-refractivity contribution in [2.75, 3.05) is 9.80 Å². The molecule has 0 saturated carbocycles. The van der Waals surface area contributed by atoms with Gasteiger partial charge in [-0.2, -0.15) is 0 Å². The Kier molecular flexibility index (Phi) is 7.75. The minimum absolute atomic E-state index is 0.0189. The lowest BCUT2D eigenvalue weighted by Gasteiger charge is -2.37. The fourth-order valence-corrected chi connectivity index (χ4v) is 12.7. The number of rotatable bonds is 6. The molecule has 0 saturated heterocycles. The second-order valence-corrected chi connectivity index (χ2v) is 19.1. The Hall–Kier alpha value is -8.99. The number of para-hydroxylation sites is 6. The van der Waals surface area contributed by atoms with Crippen molar-refractivity contribution >= 4 is 113 Å². The molecule has 0 amide bonds. The highest BCUT2D eigenvalue weighted by atomic mass is 16.5. The van der Waals surface area contributed by atoms with E-state index < -0.39 is 0 Å². The lowest BCUT2D eigenvalue weighted by molar-refractivity contribution is 0.487. The Morgan fingerprint density at radius 3 is 1.00 bits per heavy atom. The highest BCUT2D eigenvalue weighted by Crippen LogP contribution is 2.49. The highest BCUT2D eigenvalue weighted by molar-refractivity contribution is 7.01. The van der Waals surface area contributed by atoms with E-state index >= 15 is 0 Å². The van der Waals surface area contributed by atoms with Crippen molar-refractivity contribution in [2.24, 2.45) is 0 Å². The minimum atomic E-state index is -0.0189. The molecule has 0 radical (unpaired) electrons. The molecule has 0 unspecified atom stereocenters. The van der Waals surface area contributed by atoms with E-state index in [-0.39, 0.29) is 13.4 Å². The van der Waals surface area contributed by atoms with E-state index in [0.717, 1.165) is 57.1 Å². The molecule has 0 atom stereocenters. The van der Waals surface area contributed by atoms with Gasteiger partial charge in [0.2, 0.25) is 0 Å². The van der Waals surface area contributed by atoms with Gasteiger partial charge in [-0.15, -0.1) is 0 Å². The first-order valence-corrected chi connectivity index (χ1v) is 24.2. The van der Waals surface area contributed by atoms with Gasteiger partial charge in [-0.3, -0.25) is 0 Å². The average Bonchev–Trinajstić information content (AvgIpc) is 3.42. The number of ether oxygens (including phenoxy) is 2. The number of nitrogens with zero attached hydrogens (tertiary/aromatic N) is 2. The van der Waals surface area contributed by atoms with Crippen LogP contribution in [0.4, 0.5) is 34.1 Å². The van der Waals surface area contributed by atoms with Crippen LogP contribution >= 0.6 is 0 Å². The first kappa shape index (κ1) is 38.0. The van der Waals surface area contributed by atoms with Gasteiger partial charge in [0, 0.05) is 34.9 Å². The fourth-order valence-electron chi connectivity index (χ4n) is 12.7. The molecular formula is C64H38B2N2O2. The van der Waals surface area contributed by atoms with Crippen LogP contribution in [-0.4, -0.2) is 13.4 Å². The lowest BCUT2D eigenvalue weighted by atomic mass is 9.32. The molecule has 0 spiro atoms. The molecule has 0 fully saturated rings. The number of benzene rings is 12. The maximum absolute atomic E-state index is 7.03. The summed E-state index contributed by atoms with van der Waals surface area (Å²) in [6.45, 7) is -0.0377. The van der Waals surface area contributed by atoms with Crippen molar-refractivity contribution in [1.29, 1.82) is 0 Å². The predicted octanol–water partition coefficient (Wildman–Crippen LogP) is 12.7. The number of hydrogen-bond acceptors (Lipinski definition) is 4. The van der Waals surface area contributed by atoms with Crippen LogP contribution in [-0.2, 0) is 0 Å². The topological polar surface area (TPSA) is 24.9 Å². The summed E-state index contributed by atoms with van der Waals surface area (Å²) in [5.74, 6) is 3.61. The summed E-state index contributed by atoms with van der Waals surface area (Å²) in [6.07, 6.45) is 0. The number of hydrogen-bond donors (Lipinski definition) is 0. The molecule has 0 N–H and O–H groups in total. The van der Waals surface area contributed by atoms with Gasteiger partial charge < -0.3 is 19.3 Å². The third kappa shape index (κ3) is 5.22. The minimum Gasteiger partial charge on any atom is -0.458 e. The molecule has 4 aliphatic heterocycles. The van der Waals surface area contributed by atoms with E-state index in [1.54, 1.807) is 0 Å². The molecule has 4 aliphatic rings. The van der Waals surface area contributed by atoms with Gasteiger partial charge in [-0.05, 0) is 149 Å². The largest absolute Gasteiger partial charge is 0.458 e. The molecule has 12 aromatic carbocycles. The van der Waals surface area contributed by atoms with Crippen LogP contribution in [0.5, 0.6) is 23.0 Å². The third-order valence-electron chi connectivity index (χ3n) is 15.4. The zero-order chi connectivity index (χ0) is 45.6. The molecule has 0 bridgehead atoms. The molecule has 322 valence electrons. The maximum Gasteiger partial charge on any atom is 0.252 e. The van der Waals surface area contributed by atoms with E-state index in [0.29, 0.717) is 0 Å². The van der Waals surface area contributed by atoms with E-state index in [1.165, 1.54) is 87.3 Å². The Bertz CT molecular complexity index is 3800. The second kappa shape index (κ2) is 14.3. The standard InChI is InChI=1S/C64H38B2N2O2/c1-5-17-41(18-6-1)67(42-19-7-2-8-20-42)45-35-49-47-31-29-39-34-54-62-48(32-30-40-33-53(61(47)59(39)60(40)62)65-51-25-13-15-27-55(51)69-57(37-45)63(49)65)50-36-46(38-58-64(50)66(54)52-26-14-16-28-56(52)70-58)68(43-21-9-3-10-22-43)44-23-11-4-12-24-44/h1-38H. The highest BCUT2D eigenvalue weighted by Gasteiger charge is 2.44. The summed E-state index contributed by atoms with van der Waals surface area (Å²) < 4.78 is 14.1. The van der Waals surface area contributed by atoms with E-state index in [2.05, 4.69) is 240 Å². The molecule has 0 aromatic heterocycles. The quantitative estimate of drug-likeness (QED) is 0.123. The summed E-state index contributed by atoms with van der Waals surface area (Å²) in [5.41, 5.74) is 18.9. The summed E-state index contributed by atoms with van der Waals surface area (Å²) in [5, 5.41) is 7.81. The zero-order valence-corrected chi connectivity index (χ0v) is 37.8. The third-order valence-corrected chi connectivity index (χ3v) is 15.4. The number of fused-ring (bicyclic) bond motifs is 8. The summed E-state index contributed by atoms with van der Waals surface area (Å²) >= 11 is 0. The van der Waals surface area contributed by atoms with Gasteiger partial charge in [0.25, 0.3) is 13.4 Å². The van der Waals surface area contributed by atoms with Crippen LogP contribution in [0.1, 0.15) is 0 Å². The van der Waals surface area contributed by atoms with Gasteiger partial charge in [0.05, 0.1) is 11.4 Å². The van der Waals surface area contributed by atoms with Crippen molar-refractivity contribution in [2.45, 2.75) is 0 Å². The first-order chi connectivity index (χ1) is 34.7. The van der Waals surface area contributed by atoms with Crippen LogP contribution in [0.25, 0.3) is 54.6 Å². The molecule has 0 aliphatic carbocycles. The monoisotopic (exact) mass is 888 g/mol. The smallest absolute Gasteiger partial charge is 0.252 e. The molecule has 4 heterocycles. The van der Waals surface area contributed by atoms with Crippen LogP contribution in [0.2, 0.25) is 0 Å². The van der Waals surface area contributed by atoms with E-state index in [1.807, 2.05) is 0 Å². The van der Waals surface area contributed by atoms with Gasteiger partial charge in [-0.25, -0.2) is 0 Å². The van der Waals surface area contributed by atoms with Crippen molar-refractivity contribution < 1.29 is 9.47 Å². The van der Waals surface area contributed by atoms with E-state index in [4.69, 9.17) is 9.47 Å².